The molecule has 0 saturated carbocycles. The molecule has 1 aliphatic rings. The van der Waals surface area contributed by atoms with E-state index in [-0.39, 0.29) is 0 Å². The molecule has 8 nitrogen and oxygen atoms in total. The Morgan fingerprint density at radius 1 is 0.857 bits per heavy atom. The van der Waals surface area contributed by atoms with Gasteiger partial charge in [-0.15, -0.1) is 20.5 Å². The summed E-state index contributed by atoms with van der Waals surface area (Å²) in [5, 5.41) is 30.6. The Kier molecular flexibility index (Phi) is 2.06. The first-order chi connectivity index (χ1) is 6.30. The summed E-state index contributed by atoms with van der Waals surface area (Å²) in [5.41, 5.74) is -3.62. The van der Waals surface area contributed by atoms with Gasteiger partial charge in [0, 0.05) is 0 Å². The van der Waals surface area contributed by atoms with Crippen LogP contribution in [0.15, 0.2) is 20.5 Å². The third kappa shape index (κ3) is 1.45. The zero-order valence-electron chi connectivity index (χ0n) is 7.50. The van der Waals surface area contributed by atoms with Gasteiger partial charge in [-0.25, -0.2) is 9.59 Å². The van der Waals surface area contributed by atoms with E-state index in [0.717, 1.165) is 0 Å². The molecule has 0 amide bonds. The predicted octanol–water partition coefficient (Wildman–Crippen LogP) is 0.506. The molecule has 0 fully saturated rings. The highest BCUT2D eigenvalue weighted by atomic mass is 16.4. The van der Waals surface area contributed by atoms with Gasteiger partial charge in [-0.2, -0.15) is 0 Å². The Morgan fingerprint density at radius 2 is 1.07 bits per heavy atom. The summed E-state index contributed by atoms with van der Waals surface area (Å²) in [6, 6.07) is 0. The van der Waals surface area contributed by atoms with Gasteiger partial charge in [-0.05, 0) is 13.8 Å². The van der Waals surface area contributed by atoms with Crippen molar-refractivity contribution in [3.05, 3.63) is 0 Å². The largest absolute Gasteiger partial charge is 0.478 e. The van der Waals surface area contributed by atoms with Gasteiger partial charge >= 0.3 is 11.9 Å². The summed E-state index contributed by atoms with van der Waals surface area (Å²) in [4.78, 5) is 21.2. The van der Waals surface area contributed by atoms with Crippen molar-refractivity contribution in [3.63, 3.8) is 0 Å². The molecule has 0 spiro atoms. The van der Waals surface area contributed by atoms with Gasteiger partial charge in [0.2, 0.25) is 0 Å². The highest BCUT2D eigenvalue weighted by Gasteiger charge is 2.43. The maximum Gasteiger partial charge on any atom is 0.357 e. The second kappa shape index (κ2) is 2.82. The van der Waals surface area contributed by atoms with Gasteiger partial charge in [-0.1, -0.05) is 0 Å². The Morgan fingerprint density at radius 3 is 1.21 bits per heavy atom. The van der Waals surface area contributed by atoms with Gasteiger partial charge in [0.1, 0.15) is 0 Å². The van der Waals surface area contributed by atoms with Crippen molar-refractivity contribution >= 4 is 11.9 Å². The molecule has 0 aliphatic carbocycles. The molecule has 2 N–H and O–H groups in total. The van der Waals surface area contributed by atoms with Crippen LogP contribution in [0.2, 0.25) is 0 Å². The fourth-order valence-electron chi connectivity index (χ4n) is 0.601. The summed E-state index contributed by atoms with van der Waals surface area (Å²) in [5.74, 6) is -2.67. The lowest BCUT2D eigenvalue weighted by atomic mass is 10.2. The molecule has 0 aromatic heterocycles. The Bertz CT molecular complexity index is 302. The molecule has 0 atom stereocenters. The van der Waals surface area contributed by atoms with E-state index >= 15 is 0 Å². The number of rotatable bonds is 2. The molecular formula is C6H8N4O4. The lowest BCUT2D eigenvalue weighted by Gasteiger charge is -2.21. The molecule has 0 aromatic carbocycles. The number of hydrogen-bond donors (Lipinski definition) is 2. The number of azo groups is 2. The fourth-order valence-corrected chi connectivity index (χ4v) is 0.601. The molecule has 0 radical (unpaired) electrons. The van der Waals surface area contributed by atoms with Crippen LogP contribution in [0, 0.1) is 0 Å². The Hall–Kier alpha value is -1.86. The van der Waals surface area contributed by atoms with Crippen LogP contribution in [-0.4, -0.2) is 33.5 Å². The Labute approximate surface area is 78.4 Å². The van der Waals surface area contributed by atoms with Crippen molar-refractivity contribution < 1.29 is 19.8 Å². The number of carbonyl (C=O) groups is 2. The number of nitrogens with zero attached hydrogens (tertiary/aromatic N) is 4. The molecule has 1 rings (SSSR count). The van der Waals surface area contributed by atoms with E-state index in [9.17, 15) is 9.59 Å². The monoisotopic (exact) mass is 200 g/mol. The van der Waals surface area contributed by atoms with Crippen LogP contribution in [0.25, 0.3) is 0 Å². The van der Waals surface area contributed by atoms with Gasteiger partial charge in [0.05, 0.1) is 0 Å². The van der Waals surface area contributed by atoms with Crippen LogP contribution in [0.4, 0.5) is 0 Å². The highest BCUT2D eigenvalue weighted by Crippen LogP contribution is 2.26. The average Bonchev–Trinajstić information content (AvgIpc) is 2.10. The van der Waals surface area contributed by atoms with E-state index in [1.807, 2.05) is 0 Å². The molecule has 8 heteroatoms. The summed E-state index contributed by atoms with van der Waals surface area (Å²) in [6.45, 7) is 2.34. The molecule has 1 aliphatic heterocycles. The van der Waals surface area contributed by atoms with Gasteiger partial charge in [0.15, 0.2) is 0 Å². The molecule has 0 bridgehead atoms. The van der Waals surface area contributed by atoms with E-state index in [0.29, 0.717) is 0 Å². The molecule has 0 saturated heterocycles. The second-order valence-corrected chi connectivity index (χ2v) is 3.05. The van der Waals surface area contributed by atoms with Gasteiger partial charge in [-0.3, -0.25) is 0 Å². The smallest absolute Gasteiger partial charge is 0.357 e. The van der Waals surface area contributed by atoms with Crippen LogP contribution in [0.3, 0.4) is 0 Å². The fraction of sp³-hybridized carbons (Fsp3) is 0.667. The number of hydrogen-bond acceptors (Lipinski definition) is 6. The lowest BCUT2D eigenvalue weighted by molar-refractivity contribution is -0.147. The molecule has 0 aromatic rings. The summed E-state index contributed by atoms with van der Waals surface area (Å²) >= 11 is 0. The zero-order valence-corrected chi connectivity index (χ0v) is 7.50. The molecule has 76 valence electrons. The minimum atomic E-state index is -1.81. The zero-order chi connectivity index (χ0) is 11.0. The van der Waals surface area contributed by atoms with E-state index in [2.05, 4.69) is 20.5 Å². The third-order valence-corrected chi connectivity index (χ3v) is 1.69. The number of aliphatic carboxylic acids is 2. The third-order valence-electron chi connectivity index (χ3n) is 1.69. The van der Waals surface area contributed by atoms with E-state index in [1.54, 1.807) is 0 Å². The second-order valence-electron chi connectivity index (χ2n) is 3.05. The SMILES string of the molecule is CC1(C(=O)O)N=NC(C)(C(=O)O)N=N1. The van der Waals surface area contributed by atoms with E-state index in [1.165, 1.54) is 13.8 Å². The van der Waals surface area contributed by atoms with Crippen LogP contribution in [-0.2, 0) is 9.59 Å². The summed E-state index contributed by atoms with van der Waals surface area (Å²) in [6.07, 6.45) is 0. The molecule has 0 unspecified atom stereocenters. The minimum Gasteiger partial charge on any atom is -0.478 e. The topological polar surface area (TPSA) is 124 Å². The summed E-state index contributed by atoms with van der Waals surface area (Å²) in [7, 11) is 0. The van der Waals surface area contributed by atoms with E-state index in [4.69, 9.17) is 10.2 Å². The maximum absolute atomic E-state index is 10.6. The minimum absolute atomic E-state index is 1.17. The molecule has 14 heavy (non-hydrogen) atoms. The normalized spacial score (nSPS) is 35.6. The average molecular weight is 200 g/mol. The van der Waals surface area contributed by atoms with Crippen LogP contribution >= 0.6 is 0 Å². The van der Waals surface area contributed by atoms with Crippen molar-refractivity contribution in [2.24, 2.45) is 20.5 Å². The first-order valence-corrected chi connectivity index (χ1v) is 3.65. The van der Waals surface area contributed by atoms with Gasteiger partial charge < -0.3 is 10.2 Å². The molecular weight excluding hydrogens is 192 g/mol. The van der Waals surface area contributed by atoms with Crippen LogP contribution < -0.4 is 0 Å². The van der Waals surface area contributed by atoms with Crippen LogP contribution in [0.5, 0.6) is 0 Å². The van der Waals surface area contributed by atoms with E-state index < -0.39 is 23.3 Å². The van der Waals surface area contributed by atoms with Crippen molar-refractivity contribution in [3.8, 4) is 0 Å². The predicted molar refractivity (Wildman–Crippen MR) is 41.8 cm³/mol. The van der Waals surface area contributed by atoms with Crippen molar-refractivity contribution in [1.29, 1.82) is 0 Å². The lowest BCUT2D eigenvalue weighted by Crippen LogP contribution is -2.38. The van der Waals surface area contributed by atoms with Gasteiger partial charge in [0.25, 0.3) is 11.3 Å². The van der Waals surface area contributed by atoms with Crippen molar-refractivity contribution in [2.75, 3.05) is 0 Å². The highest BCUT2D eigenvalue weighted by molar-refractivity contribution is 5.80. The van der Waals surface area contributed by atoms with Crippen molar-refractivity contribution in [2.45, 2.75) is 25.2 Å². The first kappa shape index (κ1) is 10.2. The van der Waals surface area contributed by atoms with Crippen molar-refractivity contribution in [1.82, 2.24) is 0 Å². The maximum atomic E-state index is 10.6. The number of carboxylic acid groups (broad SMARTS) is 2. The quantitative estimate of drug-likeness (QED) is 0.673. The van der Waals surface area contributed by atoms with Crippen LogP contribution in [0.1, 0.15) is 13.8 Å². The first-order valence-electron chi connectivity index (χ1n) is 3.65. The Balaban J connectivity index is 3.01. The standard InChI is InChI=1S/C6H8N4O4/c1-5(3(11)12)7-9-6(2,4(13)14)10-8-5/h1-2H3,(H,11,12)(H,13,14). The summed E-state index contributed by atoms with van der Waals surface area (Å²) < 4.78 is 0. The number of carboxylic acids is 2. The molecule has 1 heterocycles.